The Morgan fingerprint density at radius 3 is 2.62 bits per heavy atom. The van der Waals surface area contributed by atoms with Gasteiger partial charge in [0.05, 0.1) is 24.6 Å². The average molecular weight is 505 g/mol. The summed E-state index contributed by atoms with van der Waals surface area (Å²) in [4.78, 5) is 11.8. The number of H-pyrrole nitrogens is 1. The number of rotatable bonds is 8. The summed E-state index contributed by atoms with van der Waals surface area (Å²) >= 11 is 0. The zero-order valence-corrected chi connectivity index (χ0v) is 21.4. The summed E-state index contributed by atoms with van der Waals surface area (Å²) in [5, 5.41) is 4.93. The topological polar surface area (TPSA) is 81.3 Å². The summed E-state index contributed by atoms with van der Waals surface area (Å²) in [5.74, 6) is 1.67. The third kappa shape index (κ3) is 4.94. The Bertz CT molecular complexity index is 1410. The Kier molecular flexibility index (Phi) is 6.59. The van der Waals surface area contributed by atoms with Crippen molar-refractivity contribution in [3.63, 3.8) is 0 Å². The van der Waals surface area contributed by atoms with Gasteiger partial charge in [-0.1, -0.05) is 19.3 Å². The number of nitrogens with zero attached hydrogens (tertiary/aromatic N) is 2. The van der Waals surface area contributed by atoms with Crippen LogP contribution < -0.4 is 19.5 Å². The number of aromatic amines is 1. The van der Waals surface area contributed by atoms with E-state index in [1.807, 2.05) is 13.0 Å². The summed E-state index contributed by atoms with van der Waals surface area (Å²) in [6.07, 6.45) is 10.4. The highest BCUT2D eigenvalue weighted by atomic mass is 19.1. The number of ether oxygens (including phenoxy) is 3. The molecule has 0 amide bonds. The SMILES string of the molecule is COc1cc2c(Oc3ccc4[nH]c(C)cc4c3F)ncnc2cc1OC[C@H]1C[C@@H](NC2CCCCC2)C1. The maximum absolute atomic E-state index is 15.1. The van der Waals surface area contributed by atoms with Crippen molar-refractivity contribution in [2.75, 3.05) is 13.7 Å². The second-order valence-corrected chi connectivity index (χ2v) is 10.4. The van der Waals surface area contributed by atoms with Gasteiger partial charge in [-0.05, 0) is 62.8 Å². The van der Waals surface area contributed by atoms with E-state index in [0.29, 0.717) is 52.4 Å². The molecule has 2 aromatic heterocycles. The number of nitrogens with one attached hydrogen (secondary N) is 2. The summed E-state index contributed by atoms with van der Waals surface area (Å²) in [7, 11) is 1.60. The maximum Gasteiger partial charge on any atom is 0.230 e. The molecule has 2 fully saturated rings. The van der Waals surface area contributed by atoms with E-state index in [1.54, 1.807) is 31.4 Å². The standard InChI is InChI=1S/C29H33FN4O3/c1-17-10-21-23(33-17)8-9-25(28(21)30)37-29-22-13-26(35-2)27(14-24(22)31-16-32-29)36-15-18-11-20(12-18)34-19-6-4-3-5-7-19/h8-10,13-14,16,18-20,33-34H,3-7,11-12,15H2,1-2H3/t18-,20+. The van der Waals surface area contributed by atoms with Gasteiger partial charge in [-0.2, -0.15) is 0 Å². The van der Waals surface area contributed by atoms with E-state index in [9.17, 15) is 0 Å². The van der Waals surface area contributed by atoms with Crippen LogP contribution in [0.1, 0.15) is 50.6 Å². The van der Waals surface area contributed by atoms with Gasteiger partial charge in [0.15, 0.2) is 23.1 Å². The van der Waals surface area contributed by atoms with Crippen LogP contribution in [0.25, 0.3) is 21.8 Å². The Labute approximate surface area is 215 Å². The largest absolute Gasteiger partial charge is 0.493 e. The molecular formula is C29H33FN4O3. The van der Waals surface area contributed by atoms with Gasteiger partial charge in [0.1, 0.15) is 6.33 Å². The van der Waals surface area contributed by atoms with E-state index in [0.717, 1.165) is 24.1 Å². The highest BCUT2D eigenvalue weighted by Crippen LogP contribution is 2.38. The van der Waals surface area contributed by atoms with Crippen molar-refractivity contribution in [1.82, 2.24) is 20.3 Å². The number of aromatic nitrogens is 3. The van der Waals surface area contributed by atoms with Crippen LogP contribution in [0.4, 0.5) is 4.39 Å². The molecule has 0 unspecified atom stereocenters. The Hall–Kier alpha value is -3.39. The van der Waals surface area contributed by atoms with Gasteiger partial charge in [0.25, 0.3) is 0 Å². The molecule has 2 aliphatic rings. The number of aryl methyl sites for hydroxylation is 1. The molecule has 0 bridgehead atoms. The fourth-order valence-electron chi connectivity index (χ4n) is 5.68. The third-order valence-corrected chi connectivity index (χ3v) is 7.71. The van der Waals surface area contributed by atoms with E-state index in [1.165, 1.54) is 38.4 Å². The fraction of sp³-hybridized carbons (Fsp3) is 0.448. The first-order valence-electron chi connectivity index (χ1n) is 13.2. The first-order valence-corrected chi connectivity index (χ1v) is 13.2. The molecule has 2 aliphatic carbocycles. The lowest BCUT2D eigenvalue weighted by molar-refractivity contribution is 0.126. The first kappa shape index (κ1) is 24.0. The molecule has 8 heteroatoms. The maximum atomic E-state index is 15.1. The lowest BCUT2D eigenvalue weighted by atomic mass is 9.79. The minimum absolute atomic E-state index is 0.104. The summed E-state index contributed by atoms with van der Waals surface area (Å²) in [5.41, 5.74) is 2.25. The van der Waals surface area contributed by atoms with Gasteiger partial charge in [0.2, 0.25) is 5.88 Å². The molecule has 2 heterocycles. The quantitative estimate of drug-likeness (QED) is 0.287. The molecule has 6 rings (SSSR count). The molecule has 194 valence electrons. The smallest absolute Gasteiger partial charge is 0.230 e. The number of fused-ring (bicyclic) bond motifs is 2. The second kappa shape index (κ2) is 10.2. The molecule has 0 saturated heterocycles. The Balaban J connectivity index is 1.15. The van der Waals surface area contributed by atoms with E-state index >= 15 is 4.39 Å². The van der Waals surface area contributed by atoms with Crippen molar-refractivity contribution in [3.8, 4) is 23.1 Å². The highest BCUT2D eigenvalue weighted by molar-refractivity contribution is 5.87. The third-order valence-electron chi connectivity index (χ3n) is 7.71. The van der Waals surface area contributed by atoms with Crippen molar-refractivity contribution in [3.05, 3.63) is 48.2 Å². The van der Waals surface area contributed by atoms with Gasteiger partial charge in [0, 0.05) is 34.7 Å². The molecule has 37 heavy (non-hydrogen) atoms. The highest BCUT2D eigenvalue weighted by Gasteiger charge is 2.31. The second-order valence-electron chi connectivity index (χ2n) is 10.4. The Morgan fingerprint density at radius 2 is 1.81 bits per heavy atom. The minimum Gasteiger partial charge on any atom is -0.493 e. The molecule has 0 radical (unpaired) electrons. The summed E-state index contributed by atoms with van der Waals surface area (Å²) in [6, 6.07) is 10.1. The van der Waals surface area contributed by atoms with Crippen LogP contribution in [-0.4, -0.2) is 40.8 Å². The van der Waals surface area contributed by atoms with Gasteiger partial charge in [-0.25, -0.2) is 14.4 Å². The van der Waals surface area contributed by atoms with Crippen LogP contribution in [0.5, 0.6) is 23.1 Å². The van der Waals surface area contributed by atoms with Crippen LogP contribution in [-0.2, 0) is 0 Å². The predicted molar refractivity (Wildman–Crippen MR) is 141 cm³/mol. The van der Waals surface area contributed by atoms with Crippen LogP contribution in [0.2, 0.25) is 0 Å². The lowest BCUT2D eigenvalue weighted by Crippen LogP contribution is -2.48. The van der Waals surface area contributed by atoms with E-state index in [4.69, 9.17) is 14.2 Å². The van der Waals surface area contributed by atoms with Gasteiger partial charge in [-0.3, -0.25) is 0 Å². The van der Waals surface area contributed by atoms with Crippen molar-refractivity contribution < 1.29 is 18.6 Å². The molecule has 2 saturated carbocycles. The Morgan fingerprint density at radius 1 is 0.973 bits per heavy atom. The lowest BCUT2D eigenvalue weighted by Gasteiger charge is -2.39. The number of halogens is 1. The molecule has 0 aliphatic heterocycles. The van der Waals surface area contributed by atoms with E-state index < -0.39 is 5.82 Å². The van der Waals surface area contributed by atoms with Crippen molar-refractivity contribution in [2.45, 2.75) is 64.0 Å². The predicted octanol–water partition coefficient (Wildman–Crippen LogP) is 6.44. The average Bonchev–Trinajstić information content (AvgIpc) is 3.28. The fourth-order valence-corrected chi connectivity index (χ4v) is 5.68. The van der Waals surface area contributed by atoms with Crippen molar-refractivity contribution in [2.24, 2.45) is 5.92 Å². The molecule has 4 aromatic rings. The molecule has 2 N–H and O–H groups in total. The van der Waals surface area contributed by atoms with Crippen LogP contribution in [0.3, 0.4) is 0 Å². The molecule has 2 aromatic carbocycles. The summed E-state index contributed by atoms with van der Waals surface area (Å²) in [6.45, 7) is 2.53. The molecule has 0 atom stereocenters. The number of hydrogen-bond donors (Lipinski definition) is 2. The van der Waals surface area contributed by atoms with E-state index in [-0.39, 0.29) is 11.6 Å². The minimum atomic E-state index is -0.433. The first-order chi connectivity index (χ1) is 18.1. The van der Waals surface area contributed by atoms with Gasteiger partial charge in [-0.15, -0.1) is 0 Å². The summed E-state index contributed by atoms with van der Waals surface area (Å²) < 4.78 is 32.9. The molecule has 7 nitrogen and oxygen atoms in total. The van der Waals surface area contributed by atoms with Crippen LogP contribution in [0, 0.1) is 18.7 Å². The van der Waals surface area contributed by atoms with E-state index in [2.05, 4.69) is 20.3 Å². The van der Waals surface area contributed by atoms with Crippen LogP contribution in [0.15, 0.2) is 36.7 Å². The monoisotopic (exact) mass is 504 g/mol. The number of hydrogen-bond acceptors (Lipinski definition) is 6. The number of methoxy groups -OCH3 is 1. The zero-order chi connectivity index (χ0) is 25.4. The normalized spacial score (nSPS) is 20.2. The van der Waals surface area contributed by atoms with Crippen molar-refractivity contribution >= 4 is 21.8 Å². The van der Waals surface area contributed by atoms with Gasteiger partial charge >= 0.3 is 0 Å². The zero-order valence-electron chi connectivity index (χ0n) is 21.4. The number of benzene rings is 2. The van der Waals surface area contributed by atoms with Crippen LogP contribution >= 0.6 is 0 Å². The molecular weight excluding hydrogens is 471 g/mol. The molecule has 0 spiro atoms. The van der Waals surface area contributed by atoms with Crippen molar-refractivity contribution in [1.29, 1.82) is 0 Å². The van der Waals surface area contributed by atoms with Gasteiger partial charge < -0.3 is 24.5 Å².